The van der Waals surface area contributed by atoms with Crippen LogP contribution in [0.25, 0.3) is 0 Å². The van der Waals surface area contributed by atoms with Crippen LogP contribution in [0.5, 0.6) is 11.5 Å². The molecule has 0 unspecified atom stereocenters. The van der Waals surface area contributed by atoms with Crippen molar-refractivity contribution in [3.05, 3.63) is 59.7 Å². The molecule has 1 aliphatic rings. The number of carbonyl (C=O) groups is 1. The molecule has 2 aromatic rings. The van der Waals surface area contributed by atoms with Gasteiger partial charge in [0.1, 0.15) is 18.1 Å². The number of nitrogens with zero attached hydrogens (tertiary/aromatic N) is 1. The van der Waals surface area contributed by atoms with Crippen LogP contribution in [-0.4, -0.2) is 43.4 Å². The van der Waals surface area contributed by atoms with Crippen molar-refractivity contribution in [2.45, 2.75) is 25.0 Å². The summed E-state index contributed by atoms with van der Waals surface area (Å²) in [7, 11) is 3.15. The van der Waals surface area contributed by atoms with Crippen LogP contribution in [0.4, 0.5) is 4.79 Å². The highest BCUT2D eigenvalue weighted by Crippen LogP contribution is 2.37. The van der Waals surface area contributed by atoms with Crippen LogP contribution in [0, 0.1) is 0 Å². The molecule has 3 rings (SSSR count). The van der Waals surface area contributed by atoms with Gasteiger partial charge in [0.25, 0.3) is 0 Å². The molecule has 0 atom stereocenters. The predicted molar refractivity (Wildman–Crippen MR) is 101 cm³/mol. The fourth-order valence-electron chi connectivity index (χ4n) is 3.23. The standard InChI is InChI=1S/C21H25NO5/c1-25-18-12-17(13-19(14-18)26-2)21(24)8-10-22(11-9-21)20(23)27-15-16-6-4-3-5-7-16/h3-7,12-14,24H,8-11,15H2,1-2H3. The second-order valence-corrected chi connectivity index (χ2v) is 6.66. The molecule has 2 aromatic carbocycles. The Hall–Kier alpha value is -2.73. The highest BCUT2D eigenvalue weighted by Gasteiger charge is 2.36. The van der Waals surface area contributed by atoms with Gasteiger partial charge < -0.3 is 24.2 Å². The van der Waals surface area contributed by atoms with E-state index in [0.29, 0.717) is 37.4 Å². The molecule has 0 aliphatic carbocycles. The quantitative estimate of drug-likeness (QED) is 0.873. The summed E-state index contributed by atoms with van der Waals surface area (Å²) in [6, 6.07) is 15.0. The molecule has 27 heavy (non-hydrogen) atoms. The first-order chi connectivity index (χ1) is 13.0. The fourth-order valence-corrected chi connectivity index (χ4v) is 3.23. The Morgan fingerprint density at radius 2 is 1.63 bits per heavy atom. The molecule has 0 spiro atoms. The van der Waals surface area contributed by atoms with E-state index in [1.807, 2.05) is 42.5 Å². The molecule has 144 valence electrons. The molecule has 1 saturated heterocycles. The zero-order valence-electron chi connectivity index (χ0n) is 15.7. The summed E-state index contributed by atoms with van der Waals surface area (Å²) in [5, 5.41) is 11.1. The topological polar surface area (TPSA) is 68.2 Å². The SMILES string of the molecule is COc1cc(OC)cc(C2(O)CCN(C(=O)OCc3ccccc3)CC2)c1. The number of piperidine rings is 1. The van der Waals surface area contributed by atoms with E-state index < -0.39 is 5.60 Å². The number of rotatable bonds is 5. The Labute approximate surface area is 159 Å². The van der Waals surface area contributed by atoms with E-state index in [2.05, 4.69) is 0 Å². The van der Waals surface area contributed by atoms with E-state index in [9.17, 15) is 9.90 Å². The van der Waals surface area contributed by atoms with Crippen LogP contribution in [0.15, 0.2) is 48.5 Å². The molecule has 1 heterocycles. The molecule has 1 amide bonds. The molecule has 0 radical (unpaired) electrons. The van der Waals surface area contributed by atoms with Gasteiger partial charge in [0.05, 0.1) is 19.8 Å². The number of hydrogen-bond acceptors (Lipinski definition) is 5. The van der Waals surface area contributed by atoms with Gasteiger partial charge in [0, 0.05) is 19.2 Å². The molecule has 6 nitrogen and oxygen atoms in total. The van der Waals surface area contributed by atoms with E-state index in [0.717, 1.165) is 11.1 Å². The Balaban J connectivity index is 1.61. The van der Waals surface area contributed by atoms with Gasteiger partial charge >= 0.3 is 6.09 Å². The number of ether oxygens (including phenoxy) is 3. The normalized spacial score (nSPS) is 15.9. The molecule has 6 heteroatoms. The number of hydrogen-bond donors (Lipinski definition) is 1. The van der Waals surface area contributed by atoms with E-state index in [1.54, 1.807) is 25.2 Å². The predicted octanol–water partition coefficient (Wildman–Crippen LogP) is 3.32. The fraction of sp³-hybridized carbons (Fsp3) is 0.381. The summed E-state index contributed by atoms with van der Waals surface area (Å²) in [5.74, 6) is 1.25. The van der Waals surface area contributed by atoms with Gasteiger partial charge in [-0.2, -0.15) is 0 Å². The Morgan fingerprint density at radius 3 is 2.19 bits per heavy atom. The summed E-state index contributed by atoms with van der Waals surface area (Å²) < 4.78 is 16.0. The number of aliphatic hydroxyl groups is 1. The Morgan fingerprint density at radius 1 is 1.04 bits per heavy atom. The molecular weight excluding hydrogens is 346 g/mol. The van der Waals surface area contributed by atoms with Crippen molar-refractivity contribution in [1.82, 2.24) is 4.90 Å². The lowest BCUT2D eigenvalue weighted by Crippen LogP contribution is -2.45. The molecule has 1 N–H and O–H groups in total. The van der Waals surface area contributed by atoms with Crippen LogP contribution in [0.2, 0.25) is 0 Å². The lowest BCUT2D eigenvalue weighted by molar-refractivity contribution is -0.0257. The van der Waals surface area contributed by atoms with Gasteiger partial charge in [-0.25, -0.2) is 4.79 Å². The summed E-state index contributed by atoms with van der Waals surface area (Å²) in [6.45, 7) is 1.08. The van der Waals surface area contributed by atoms with Crippen LogP contribution < -0.4 is 9.47 Å². The molecule has 0 bridgehead atoms. The van der Waals surface area contributed by atoms with Crippen molar-refractivity contribution in [1.29, 1.82) is 0 Å². The van der Waals surface area contributed by atoms with Gasteiger partial charge in [-0.3, -0.25) is 0 Å². The summed E-state index contributed by atoms with van der Waals surface area (Å²) in [6.07, 6.45) is 0.484. The van der Waals surface area contributed by atoms with E-state index in [1.165, 1.54) is 0 Å². The highest BCUT2D eigenvalue weighted by molar-refractivity contribution is 5.67. The van der Waals surface area contributed by atoms with E-state index in [4.69, 9.17) is 14.2 Å². The van der Waals surface area contributed by atoms with Gasteiger partial charge in [-0.15, -0.1) is 0 Å². The Bertz CT molecular complexity index is 747. The lowest BCUT2D eigenvalue weighted by atomic mass is 9.84. The van der Waals surface area contributed by atoms with E-state index in [-0.39, 0.29) is 12.7 Å². The molecule has 1 aliphatic heterocycles. The maximum atomic E-state index is 12.3. The average Bonchev–Trinajstić information content (AvgIpc) is 2.72. The zero-order valence-corrected chi connectivity index (χ0v) is 15.7. The maximum Gasteiger partial charge on any atom is 0.410 e. The van der Waals surface area contributed by atoms with Crippen LogP contribution >= 0.6 is 0 Å². The smallest absolute Gasteiger partial charge is 0.410 e. The second-order valence-electron chi connectivity index (χ2n) is 6.66. The molecule has 1 fully saturated rings. The summed E-state index contributed by atoms with van der Waals surface area (Å²) in [4.78, 5) is 13.9. The third-order valence-corrected chi connectivity index (χ3v) is 4.94. The minimum atomic E-state index is -1.03. The third kappa shape index (κ3) is 4.52. The third-order valence-electron chi connectivity index (χ3n) is 4.94. The van der Waals surface area contributed by atoms with Crippen molar-refractivity contribution in [2.75, 3.05) is 27.3 Å². The van der Waals surface area contributed by atoms with Crippen molar-refractivity contribution in [3.8, 4) is 11.5 Å². The summed E-state index contributed by atoms with van der Waals surface area (Å²) >= 11 is 0. The van der Waals surface area contributed by atoms with Crippen molar-refractivity contribution in [2.24, 2.45) is 0 Å². The number of likely N-dealkylation sites (tertiary alicyclic amines) is 1. The first-order valence-corrected chi connectivity index (χ1v) is 8.95. The van der Waals surface area contributed by atoms with Crippen molar-refractivity contribution >= 4 is 6.09 Å². The van der Waals surface area contributed by atoms with Gasteiger partial charge in [-0.05, 0) is 36.1 Å². The van der Waals surface area contributed by atoms with Crippen molar-refractivity contribution in [3.63, 3.8) is 0 Å². The maximum absolute atomic E-state index is 12.3. The highest BCUT2D eigenvalue weighted by atomic mass is 16.6. The first-order valence-electron chi connectivity index (χ1n) is 8.95. The largest absolute Gasteiger partial charge is 0.497 e. The zero-order chi connectivity index (χ0) is 19.3. The van der Waals surface area contributed by atoms with Gasteiger partial charge in [0.2, 0.25) is 0 Å². The minimum absolute atomic E-state index is 0.244. The number of amides is 1. The molecule has 0 aromatic heterocycles. The average molecular weight is 371 g/mol. The monoisotopic (exact) mass is 371 g/mol. The van der Waals surface area contributed by atoms with Crippen molar-refractivity contribution < 1.29 is 24.1 Å². The molecule has 0 saturated carbocycles. The number of benzene rings is 2. The number of methoxy groups -OCH3 is 2. The Kier molecular flexibility index (Phi) is 5.86. The minimum Gasteiger partial charge on any atom is -0.497 e. The summed E-state index contributed by atoms with van der Waals surface area (Å²) in [5.41, 5.74) is 0.650. The van der Waals surface area contributed by atoms with Gasteiger partial charge in [-0.1, -0.05) is 30.3 Å². The van der Waals surface area contributed by atoms with Crippen LogP contribution in [-0.2, 0) is 16.9 Å². The van der Waals surface area contributed by atoms with Crippen LogP contribution in [0.3, 0.4) is 0 Å². The second kappa shape index (κ2) is 8.31. The van der Waals surface area contributed by atoms with Gasteiger partial charge in [0.15, 0.2) is 0 Å². The number of carbonyl (C=O) groups excluding carboxylic acids is 1. The van der Waals surface area contributed by atoms with E-state index >= 15 is 0 Å². The first kappa shape index (κ1) is 19.0. The van der Waals surface area contributed by atoms with Crippen LogP contribution in [0.1, 0.15) is 24.0 Å². The molecular formula is C21H25NO5. The lowest BCUT2D eigenvalue weighted by Gasteiger charge is -2.38.